The number of amides is 2. The number of aliphatic hydroxyl groups is 1. The number of carbonyl (C=O) groups is 1. The molecular formula is C24H23N7O2. The lowest BCUT2D eigenvalue weighted by molar-refractivity contribution is 0.262. The van der Waals surface area contributed by atoms with Crippen LogP contribution in [0.3, 0.4) is 0 Å². The Labute approximate surface area is 190 Å². The molecule has 4 rings (SSSR count). The molecule has 4 N–H and O–H groups in total. The zero-order valence-corrected chi connectivity index (χ0v) is 17.8. The number of nitrogens with zero attached hydrogens (tertiary/aromatic N) is 4. The zero-order valence-electron chi connectivity index (χ0n) is 17.8. The van der Waals surface area contributed by atoms with Crippen LogP contribution in [-0.4, -0.2) is 39.1 Å². The Hall–Kier alpha value is -4.42. The molecule has 0 atom stereocenters. The number of nitrogens with one attached hydrogen (secondary N) is 3. The molecule has 2 heterocycles. The molecule has 9 nitrogen and oxygen atoms in total. The highest BCUT2D eigenvalue weighted by Crippen LogP contribution is 2.25. The quantitative estimate of drug-likeness (QED) is 0.331. The van der Waals surface area contributed by atoms with Crippen LogP contribution in [0.25, 0.3) is 11.0 Å². The lowest BCUT2D eigenvalue weighted by atomic mass is 10.1. The van der Waals surface area contributed by atoms with E-state index >= 15 is 0 Å². The van der Waals surface area contributed by atoms with Gasteiger partial charge in [-0.15, -0.1) is 0 Å². The first-order valence-electron chi connectivity index (χ1n) is 10.5. The van der Waals surface area contributed by atoms with Crippen molar-refractivity contribution >= 4 is 34.1 Å². The molecule has 0 aliphatic rings. The van der Waals surface area contributed by atoms with Crippen LogP contribution in [0.2, 0.25) is 0 Å². The van der Waals surface area contributed by atoms with E-state index < -0.39 is 0 Å². The number of rotatable bonds is 8. The van der Waals surface area contributed by atoms with E-state index in [2.05, 4.69) is 32.1 Å². The molecule has 0 unspecified atom stereocenters. The maximum absolute atomic E-state index is 12.1. The smallest absolute Gasteiger partial charge is 0.323 e. The number of benzene rings is 2. The summed E-state index contributed by atoms with van der Waals surface area (Å²) in [7, 11) is 0. The minimum absolute atomic E-state index is 0.0272. The Morgan fingerprint density at radius 2 is 1.79 bits per heavy atom. The molecule has 0 aliphatic carbocycles. The second-order valence-corrected chi connectivity index (χ2v) is 7.33. The standard InChI is InChI=1S/C24H23N7O2/c25-14-18-15-27-23-21(16-31(30-23)12-13-32)22(18)26-11-10-17-6-8-20(9-7-17)29-24(33)28-19-4-2-1-3-5-19/h1-9,15-16,26,32H,10-13H2,(H2,28,29,33). The normalized spacial score (nSPS) is 10.5. The van der Waals surface area contributed by atoms with E-state index in [9.17, 15) is 10.1 Å². The highest BCUT2D eigenvalue weighted by atomic mass is 16.3. The monoisotopic (exact) mass is 441 g/mol. The average molecular weight is 441 g/mol. The summed E-state index contributed by atoms with van der Waals surface area (Å²) in [6.07, 6.45) is 4.00. The van der Waals surface area contributed by atoms with Crippen LogP contribution < -0.4 is 16.0 Å². The highest BCUT2D eigenvalue weighted by molar-refractivity contribution is 5.99. The second-order valence-electron chi connectivity index (χ2n) is 7.33. The van der Waals surface area contributed by atoms with Crippen molar-refractivity contribution in [2.24, 2.45) is 0 Å². The van der Waals surface area contributed by atoms with E-state index in [0.29, 0.717) is 35.7 Å². The molecule has 4 aromatic rings. The summed E-state index contributed by atoms with van der Waals surface area (Å²) in [6.45, 7) is 0.933. The van der Waals surface area contributed by atoms with Crippen molar-refractivity contribution in [1.29, 1.82) is 5.26 Å². The fourth-order valence-electron chi connectivity index (χ4n) is 3.41. The van der Waals surface area contributed by atoms with Crippen LogP contribution in [-0.2, 0) is 13.0 Å². The summed E-state index contributed by atoms with van der Waals surface area (Å²) in [6, 6.07) is 18.7. The number of aromatic nitrogens is 3. The van der Waals surface area contributed by atoms with E-state index in [1.807, 2.05) is 54.6 Å². The van der Waals surface area contributed by atoms with Gasteiger partial charge in [-0.2, -0.15) is 10.4 Å². The summed E-state index contributed by atoms with van der Waals surface area (Å²) in [5.41, 5.74) is 4.14. The fourth-order valence-corrected chi connectivity index (χ4v) is 3.41. The van der Waals surface area contributed by atoms with Gasteiger partial charge in [0.25, 0.3) is 0 Å². The summed E-state index contributed by atoms with van der Waals surface area (Å²) >= 11 is 0. The number of carbonyl (C=O) groups excluding carboxylic acids is 1. The Morgan fingerprint density at radius 3 is 2.48 bits per heavy atom. The average Bonchev–Trinajstić information content (AvgIpc) is 3.24. The first-order chi connectivity index (χ1) is 16.2. The van der Waals surface area contributed by atoms with Crippen LogP contribution in [0.1, 0.15) is 11.1 Å². The number of nitriles is 1. The number of anilines is 3. The third-order valence-electron chi connectivity index (χ3n) is 5.01. The number of pyridine rings is 1. The number of aliphatic hydroxyl groups excluding tert-OH is 1. The molecule has 0 radical (unpaired) electrons. The molecule has 2 amide bonds. The van der Waals surface area contributed by atoms with Crippen LogP contribution in [0.15, 0.2) is 67.0 Å². The third kappa shape index (κ3) is 5.44. The molecular weight excluding hydrogens is 418 g/mol. The zero-order chi connectivity index (χ0) is 23.0. The van der Waals surface area contributed by atoms with E-state index in [4.69, 9.17) is 5.11 Å². The molecule has 2 aromatic carbocycles. The van der Waals surface area contributed by atoms with E-state index in [-0.39, 0.29) is 12.6 Å². The number of hydrogen-bond donors (Lipinski definition) is 4. The molecule has 0 fully saturated rings. The van der Waals surface area contributed by atoms with Gasteiger partial charge in [-0.05, 0) is 36.2 Å². The Balaban J connectivity index is 1.36. The minimum Gasteiger partial charge on any atom is -0.394 e. The Morgan fingerprint density at radius 1 is 1.06 bits per heavy atom. The molecule has 0 bridgehead atoms. The van der Waals surface area contributed by atoms with Crippen LogP contribution in [0, 0.1) is 11.3 Å². The van der Waals surface area contributed by atoms with Crippen molar-refractivity contribution in [1.82, 2.24) is 14.8 Å². The molecule has 0 saturated carbocycles. The molecule has 166 valence electrons. The lowest BCUT2D eigenvalue weighted by Crippen LogP contribution is -2.19. The van der Waals surface area contributed by atoms with Gasteiger partial charge in [0.1, 0.15) is 6.07 Å². The molecule has 0 aliphatic heterocycles. The van der Waals surface area contributed by atoms with Gasteiger partial charge in [0.15, 0.2) is 5.65 Å². The van der Waals surface area contributed by atoms with Gasteiger partial charge in [0, 0.05) is 30.3 Å². The van der Waals surface area contributed by atoms with Gasteiger partial charge in [0.2, 0.25) is 0 Å². The molecule has 9 heteroatoms. The minimum atomic E-state index is -0.303. The van der Waals surface area contributed by atoms with E-state index in [1.54, 1.807) is 10.9 Å². The third-order valence-corrected chi connectivity index (χ3v) is 5.01. The lowest BCUT2D eigenvalue weighted by Gasteiger charge is -2.10. The van der Waals surface area contributed by atoms with E-state index in [0.717, 1.165) is 23.1 Å². The maximum atomic E-state index is 12.1. The van der Waals surface area contributed by atoms with Gasteiger partial charge in [-0.3, -0.25) is 4.68 Å². The van der Waals surface area contributed by atoms with Gasteiger partial charge >= 0.3 is 6.03 Å². The van der Waals surface area contributed by atoms with Crippen molar-refractivity contribution in [3.63, 3.8) is 0 Å². The van der Waals surface area contributed by atoms with E-state index in [1.165, 1.54) is 6.20 Å². The Kier molecular flexibility index (Phi) is 6.78. The topological polar surface area (TPSA) is 128 Å². The number of urea groups is 1. The number of para-hydroxylation sites is 1. The van der Waals surface area contributed by atoms with Crippen molar-refractivity contribution in [3.8, 4) is 6.07 Å². The molecule has 2 aromatic heterocycles. The van der Waals surface area contributed by atoms with Crippen molar-refractivity contribution in [3.05, 3.63) is 78.1 Å². The van der Waals surface area contributed by atoms with Crippen LogP contribution >= 0.6 is 0 Å². The molecule has 33 heavy (non-hydrogen) atoms. The SMILES string of the molecule is N#Cc1cnc2nn(CCO)cc2c1NCCc1ccc(NC(=O)Nc2ccccc2)cc1. The largest absolute Gasteiger partial charge is 0.394 e. The Bertz CT molecular complexity index is 1280. The number of fused-ring (bicyclic) bond motifs is 1. The van der Waals surface area contributed by atoms with Crippen molar-refractivity contribution in [2.75, 3.05) is 29.1 Å². The number of hydrogen-bond acceptors (Lipinski definition) is 6. The highest BCUT2D eigenvalue weighted by Gasteiger charge is 2.12. The summed E-state index contributed by atoms with van der Waals surface area (Å²) in [5, 5.41) is 32.6. The molecule has 0 saturated heterocycles. The van der Waals surface area contributed by atoms with Gasteiger partial charge in [-0.1, -0.05) is 30.3 Å². The fraction of sp³-hybridized carbons (Fsp3) is 0.167. The van der Waals surface area contributed by atoms with Gasteiger partial charge in [-0.25, -0.2) is 9.78 Å². The summed E-state index contributed by atoms with van der Waals surface area (Å²) < 4.78 is 1.61. The first kappa shape index (κ1) is 21.8. The second kappa shape index (κ2) is 10.3. The van der Waals surface area contributed by atoms with Gasteiger partial charge < -0.3 is 21.1 Å². The summed E-state index contributed by atoms with van der Waals surface area (Å²) in [4.78, 5) is 16.3. The van der Waals surface area contributed by atoms with Crippen molar-refractivity contribution < 1.29 is 9.90 Å². The maximum Gasteiger partial charge on any atom is 0.323 e. The predicted molar refractivity (Wildman–Crippen MR) is 127 cm³/mol. The van der Waals surface area contributed by atoms with Gasteiger partial charge in [0.05, 0.1) is 29.8 Å². The summed E-state index contributed by atoms with van der Waals surface area (Å²) in [5.74, 6) is 0. The van der Waals surface area contributed by atoms with Crippen LogP contribution in [0.5, 0.6) is 0 Å². The van der Waals surface area contributed by atoms with Crippen molar-refractivity contribution in [2.45, 2.75) is 13.0 Å². The first-order valence-corrected chi connectivity index (χ1v) is 10.5. The molecule has 0 spiro atoms. The predicted octanol–water partition coefficient (Wildman–Crippen LogP) is 3.59. The van der Waals surface area contributed by atoms with Crippen LogP contribution in [0.4, 0.5) is 21.9 Å².